The van der Waals surface area contributed by atoms with Crippen LogP contribution in [-0.4, -0.2) is 24.8 Å². The Morgan fingerprint density at radius 2 is 1.68 bits per heavy atom. The number of carbonyl (C=O) groups is 3. The molecule has 5 nitrogen and oxygen atoms in total. The standard InChI is InChI=1S/C23H21NO4/c1-28-21(26)19-15-18(16-9-4-2-5-10-16)23(14-8-13-20(23)25)22(27)24(19)17-11-6-3-7-12-17/h2-7,9-12,15,18H,8,13-14H2,1H3. The Hall–Kier alpha value is -3.21. The number of anilines is 1. The highest BCUT2D eigenvalue weighted by Gasteiger charge is 2.58. The maximum absolute atomic E-state index is 13.8. The van der Waals surface area contributed by atoms with E-state index < -0.39 is 17.3 Å². The molecule has 142 valence electrons. The van der Waals surface area contributed by atoms with Gasteiger partial charge in [0.15, 0.2) is 0 Å². The second-order valence-electron chi connectivity index (χ2n) is 7.16. The van der Waals surface area contributed by atoms with Crippen LogP contribution in [0.25, 0.3) is 0 Å². The van der Waals surface area contributed by atoms with Crippen molar-refractivity contribution in [3.8, 4) is 0 Å². The molecule has 2 aromatic rings. The molecule has 5 heteroatoms. The molecular formula is C23H21NO4. The first-order valence-corrected chi connectivity index (χ1v) is 9.37. The number of carbonyl (C=O) groups excluding carboxylic acids is 3. The fraction of sp³-hybridized carbons (Fsp3) is 0.261. The zero-order chi connectivity index (χ0) is 19.7. The number of allylic oxidation sites excluding steroid dienone is 1. The lowest BCUT2D eigenvalue weighted by atomic mass is 9.66. The molecule has 2 unspecified atom stereocenters. The van der Waals surface area contributed by atoms with Gasteiger partial charge in [-0.25, -0.2) is 4.79 Å². The van der Waals surface area contributed by atoms with Gasteiger partial charge in [0.1, 0.15) is 16.9 Å². The summed E-state index contributed by atoms with van der Waals surface area (Å²) in [7, 11) is 1.29. The van der Waals surface area contributed by atoms with Gasteiger partial charge in [-0.3, -0.25) is 14.5 Å². The molecule has 0 radical (unpaired) electrons. The highest BCUT2D eigenvalue weighted by Crippen LogP contribution is 2.52. The summed E-state index contributed by atoms with van der Waals surface area (Å²) in [5.74, 6) is -1.51. The summed E-state index contributed by atoms with van der Waals surface area (Å²) in [6.45, 7) is 0. The van der Waals surface area contributed by atoms with Gasteiger partial charge in [0.25, 0.3) is 0 Å². The first kappa shape index (κ1) is 18.2. The van der Waals surface area contributed by atoms with Crippen molar-refractivity contribution < 1.29 is 19.1 Å². The zero-order valence-electron chi connectivity index (χ0n) is 15.6. The van der Waals surface area contributed by atoms with E-state index in [1.54, 1.807) is 30.3 Å². The summed E-state index contributed by atoms with van der Waals surface area (Å²) in [5.41, 5.74) is 0.363. The minimum absolute atomic E-state index is 0.0625. The second-order valence-corrected chi connectivity index (χ2v) is 7.16. The van der Waals surface area contributed by atoms with Gasteiger partial charge >= 0.3 is 5.97 Å². The number of rotatable bonds is 3. The van der Waals surface area contributed by atoms with E-state index in [2.05, 4.69) is 0 Å². The third-order valence-electron chi connectivity index (χ3n) is 5.72. The van der Waals surface area contributed by atoms with Crippen molar-refractivity contribution in [1.82, 2.24) is 0 Å². The van der Waals surface area contributed by atoms with Crippen molar-refractivity contribution in [1.29, 1.82) is 0 Å². The van der Waals surface area contributed by atoms with Crippen LogP contribution in [-0.2, 0) is 19.1 Å². The van der Waals surface area contributed by atoms with Gasteiger partial charge in [-0.15, -0.1) is 0 Å². The Kier molecular flexibility index (Phi) is 4.59. The Morgan fingerprint density at radius 1 is 1.04 bits per heavy atom. The Labute approximate surface area is 163 Å². The van der Waals surface area contributed by atoms with E-state index in [1.165, 1.54) is 12.0 Å². The van der Waals surface area contributed by atoms with Crippen molar-refractivity contribution in [2.45, 2.75) is 25.2 Å². The number of ketones is 1. The number of benzene rings is 2. The maximum atomic E-state index is 13.8. The molecule has 1 heterocycles. The molecule has 2 aromatic carbocycles. The number of amides is 1. The lowest BCUT2D eigenvalue weighted by molar-refractivity contribution is -0.143. The fourth-order valence-electron chi connectivity index (χ4n) is 4.40. The predicted octanol–water partition coefficient (Wildman–Crippen LogP) is 3.61. The number of nitrogens with zero attached hydrogens (tertiary/aromatic N) is 1. The molecule has 4 rings (SSSR count). The maximum Gasteiger partial charge on any atom is 0.354 e. The van der Waals surface area contributed by atoms with Gasteiger partial charge < -0.3 is 4.74 Å². The van der Waals surface area contributed by atoms with Crippen LogP contribution >= 0.6 is 0 Å². The number of ether oxygens (including phenoxy) is 1. The predicted molar refractivity (Wildman–Crippen MR) is 105 cm³/mol. The van der Waals surface area contributed by atoms with Gasteiger partial charge in [0.05, 0.1) is 7.11 Å². The molecule has 1 aliphatic heterocycles. The Balaban J connectivity index is 1.96. The summed E-state index contributed by atoms with van der Waals surface area (Å²) < 4.78 is 4.97. The van der Waals surface area contributed by atoms with Crippen LogP contribution in [0.2, 0.25) is 0 Å². The summed E-state index contributed by atoms with van der Waals surface area (Å²) in [6.07, 6.45) is 3.24. The Bertz CT molecular complexity index is 951. The van der Waals surface area contributed by atoms with Gasteiger partial charge in [-0.05, 0) is 36.6 Å². The van der Waals surface area contributed by atoms with Gasteiger partial charge in [-0.1, -0.05) is 48.5 Å². The molecule has 1 saturated carbocycles. The van der Waals surface area contributed by atoms with E-state index >= 15 is 0 Å². The SMILES string of the molecule is COC(=O)C1=CC(c2ccccc2)C2(CCCC2=O)C(=O)N1c1ccccc1. The normalized spacial score (nSPS) is 24.4. The van der Waals surface area contributed by atoms with Crippen molar-refractivity contribution in [2.24, 2.45) is 5.41 Å². The van der Waals surface area contributed by atoms with E-state index in [0.29, 0.717) is 24.9 Å². The highest BCUT2D eigenvalue weighted by atomic mass is 16.5. The highest BCUT2D eigenvalue weighted by molar-refractivity contribution is 6.20. The van der Waals surface area contributed by atoms with Gasteiger partial charge in [0.2, 0.25) is 5.91 Å². The van der Waals surface area contributed by atoms with Crippen LogP contribution in [0.1, 0.15) is 30.7 Å². The topological polar surface area (TPSA) is 63.7 Å². The van der Waals surface area contributed by atoms with E-state index in [1.807, 2.05) is 36.4 Å². The third kappa shape index (κ3) is 2.66. The van der Waals surface area contributed by atoms with E-state index in [9.17, 15) is 14.4 Å². The van der Waals surface area contributed by atoms with E-state index in [-0.39, 0.29) is 17.4 Å². The summed E-state index contributed by atoms with van der Waals surface area (Å²) in [5, 5.41) is 0. The molecule has 0 saturated heterocycles. The monoisotopic (exact) mass is 375 g/mol. The number of methoxy groups -OCH3 is 1. The van der Waals surface area contributed by atoms with Crippen LogP contribution in [0.15, 0.2) is 72.4 Å². The van der Waals surface area contributed by atoms with Crippen molar-refractivity contribution >= 4 is 23.3 Å². The van der Waals surface area contributed by atoms with Crippen LogP contribution < -0.4 is 4.90 Å². The van der Waals surface area contributed by atoms with Crippen molar-refractivity contribution in [3.05, 3.63) is 78.0 Å². The third-order valence-corrected chi connectivity index (χ3v) is 5.72. The molecule has 0 bridgehead atoms. The van der Waals surface area contributed by atoms with Gasteiger partial charge in [-0.2, -0.15) is 0 Å². The largest absolute Gasteiger partial charge is 0.464 e. The lowest BCUT2D eigenvalue weighted by Crippen LogP contribution is -2.53. The average molecular weight is 375 g/mol. The molecule has 0 N–H and O–H groups in total. The zero-order valence-corrected chi connectivity index (χ0v) is 15.6. The molecule has 1 spiro atoms. The summed E-state index contributed by atoms with van der Waals surface area (Å²) in [6, 6.07) is 18.4. The smallest absolute Gasteiger partial charge is 0.354 e. The minimum atomic E-state index is -1.19. The summed E-state index contributed by atoms with van der Waals surface area (Å²) in [4.78, 5) is 40.9. The molecule has 1 amide bonds. The number of hydrogen-bond acceptors (Lipinski definition) is 4. The van der Waals surface area contributed by atoms with E-state index in [4.69, 9.17) is 4.74 Å². The number of Topliss-reactive ketones (excluding diaryl/α,β-unsaturated/α-hetero) is 1. The number of para-hydroxylation sites is 1. The lowest BCUT2D eigenvalue weighted by Gasteiger charge is -2.42. The molecular weight excluding hydrogens is 354 g/mol. The van der Waals surface area contributed by atoms with Crippen LogP contribution in [0.5, 0.6) is 0 Å². The number of esters is 1. The molecule has 0 aromatic heterocycles. The Morgan fingerprint density at radius 3 is 2.25 bits per heavy atom. The first-order valence-electron chi connectivity index (χ1n) is 9.37. The first-order chi connectivity index (χ1) is 13.6. The molecule has 28 heavy (non-hydrogen) atoms. The van der Waals surface area contributed by atoms with Crippen molar-refractivity contribution in [3.63, 3.8) is 0 Å². The van der Waals surface area contributed by atoms with Crippen molar-refractivity contribution in [2.75, 3.05) is 12.0 Å². The number of hydrogen-bond donors (Lipinski definition) is 0. The van der Waals surface area contributed by atoms with Crippen LogP contribution in [0.3, 0.4) is 0 Å². The van der Waals surface area contributed by atoms with Crippen LogP contribution in [0.4, 0.5) is 5.69 Å². The van der Waals surface area contributed by atoms with Crippen LogP contribution in [0, 0.1) is 5.41 Å². The molecule has 2 atom stereocenters. The average Bonchev–Trinajstić information content (AvgIpc) is 3.12. The molecule has 1 aliphatic carbocycles. The molecule has 2 aliphatic rings. The fourth-order valence-corrected chi connectivity index (χ4v) is 4.40. The second kappa shape index (κ2) is 7.08. The van der Waals surface area contributed by atoms with Gasteiger partial charge in [0, 0.05) is 18.0 Å². The summed E-state index contributed by atoms with van der Waals surface area (Å²) >= 11 is 0. The minimum Gasteiger partial charge on any atom is -0.464 e. The molecule has 1 fully saturated rings. The van der Waals surface area contributed by atoms with E-state index in [0.717, 1.165) is 5.56 Å². The quantitative estimate of drug-likeness (QED) is 0.607.